The lowest BCUT2D eigenvalue weighted by molar-refractivity contribution is 0.590. The van der Waals surface area contributed by atoms with E-state index in [1.165, 1.54) is 16.7 Å². The van der Waals surface area contributed by atoms with E-state index >= 15 is 0 Å². The number of nitrogens with one attached hydrogen (secondary N) is 7. The van der Waals surface area contributed by atoms with Gasteiger partial charge in [-0.3, -0.25) is 37.9 Å². The van der Waals surface area contributed by atoms with Gasteiger partial charge in [-0.1, -0.05) is 139 Å². The molecule has 7 aliphatic heterocycles. The molecule has 0 spiro atoms. The van der Waals surface area contributed by atoms with Crippen LogP contribution in [0.1, 0.15) is 121 Å². The predicted octanol–water partition coefficient (Wildman–Crippen LogP) is 10.4. The quantitative estimate of drug-likeness (QED) is 0.0752. The van der Waals surface area contributed by atoms with Gasteiger partial charge >= 0.3 is 0 Å². The average molecular weight is 1300 g/mol. The van der Waals surface area contributed by atoms with E-state index in [9.17, 15) is 0 Å². The first-order valence-corrected chi connectivity index (χ1v) is 29.5. The van der Waals surface area contributed by atoms with Crippen molar-refractivity contribution in [3.63, 3.8) is 0 Å². The Balaban J connectivity index is 0.000000127. The minimum absolute atomic E-state index is 0.0899. The lowest BCUT2D eigenvalue weighted by Gasteiger charge is -2.19. The summed E-state index contributed by atoms with van der Waals surface area (Å²) in [6.45, 7) is 12.5. The van der Waals surface area contributed by atoms with Crippen molar-refractivity contribution >= 4 is 109 Å². The van der Waals surface area contributed by atoms with Crippen molar-refractivity contribution < 1.29 is 0 Å². The first-order valence-electron chi connectivity index (χ1n) is 28.4. The van der Waals surface area contributed by atoms with E-state index in [1.807, 2.05) is 154 Å². The average Bonchev–Trinajstić information content (AvgIpc) is 1.67. The molecule has 8 aromatic rings. The number of halogens is 2. The fraction of sp³-hybridized carbons (Fsp3) is 0.101. The number of hydrogen-bond donors (Lipinski definition) is 14. The van der Waals surface area contributed by atoms with E-state index < -0.39 is 0 Å². The number of rotatable bonds is 1. The van der Waals surface area contributed by atoms with Crippen molar-refractivity contribution in [2.75, 3.05) is 0 Å². The molecule has 460 valence electrons. The van der Waals surface area contributed by atoms with Crippen LogP contribution < -0.4 is 40.1 Å². The highest BCUT2D eigenvalue weighted by Crippen LogP contribution is 2.29. The van der Waals surface area contributed by atoms with Gasteiger partial charge in [0.2, 0.25) is 0 Å². The summed E-state index contributed by atoms with van der Waals surface area (Å²) in [5.41, 5.74) is 58.1. The summed E-state index contributed by atoms with van der Waals surface area (Å²) in [6.07, 6.45) is 0. The van der Waals surface area contributed by atoms with Crippen LogP contribution in [0.4, 0.5) is 0 Å². The summed E-state index contributed by atoms with van der Waals surface area (Å²) in [5.74, 6) is 4.83. The summed E-state index contributed by atoms with van der Waals surface area (Å²) >= 11 is 9.07. The van der Waals surface area contributed by atoms with Crippen LogP contribution in [0.5, 0.6) is 0 Å². The maximum Gasteiger partial charge on any atom is 0.154 e. The molecule has 7 heterocycles. The Hall–Kier alpha value is -11.5. The highest BCUT2D eigenvalue weighted by Gasteiger charge is 2.25. The molecule has 0 aromatic heterocycles. The summed E-state index contributed by atoms with van der Waals surface area (Å²) in [7, 11) is 0. The van der Waals surface area contributed by atoms with Crippen LogP contribution in [0.15, 0.2) is 197 Å². The molecule has 0 fully saturated rings. The highest BCUT2D eigenvalue weighted by molar-refractivity contribution is 9.10. The van der Waals surface area contributed by atoms with E-state index in [0.717, 1.165) is 93.5 Å². The van der Waals surface area contributed by atoms with Crippen LogP contribution >= 0.6 is 27.5 Å². The number of benzene rings is 8. The Labute approximate surface area is 544 Å². The lowest BCUT2D eigenvalue weighted by atomic mass is 9.85. The summed E-state index contributed by atoms with van der Waals surface area (Å²) < 4.78 is 0.941. The molecule has 0 saturated carbocycles. The second-order valence-electron chi connectivity index (χ2n) is 22.5. The molecule has 8 aromatic carbocycles. The van der Waals surface area contributed by atoms with E-state index in [2.05, 4.69) is 77.7 Å². The van der Waals surface area contributed by atoms with Gasteiger partial charge in [0.25, 0.3) is 0 Å². The van der Waals surface area contributed by atoms with E-state index in [-0.39, 0.29) is 46.3 Å². The van der Waals surface area contributed by atoms with Gasteiger partial charge in [-0.25, -0.2) is 34.9 Å². The molecule has 0 aliphatic carbocycles. The molecule has 15 rings (SSSR count). The zero-order valence-electron chi connectivity index (χ0n) is 50.9. The molecule has 0 bridgehead atoms. The molecule has 23 heteroatoms. The fourth-order valence-corrected chi connectivity index (χ4v) is 10.5. The zero-order chi connectivity index (χ0) is 66.6. The molecule has 0 atom stereocenters. The van der Waals surface area contributed by atoms with Gasteiger partial charge in [-0.2, -0.15) is 0 Å². The van der Waals surface area contributed by atoms with Crippen molar-refractivity contribution in [1.29, 1.82) is 37.9 Å². The fourth-order valence-electron chi connectivity index (χ4n) is 9.98. The smallest absolute Gasteiger partial charge is 0.154 e. The molecule has 21 nitrogen and oxygen atoms in total. The summed E-state index contributed by atoms with van der Waals surface area (Å²) in [6, 6.07) is 50.1. The predicted molar refractivity (Wildman–Crippen MR) is 379 cm³/mol. The number of fused-ring (bicyclic) bond motifs is 7. The molecular formula is C69H65BrClN21. The number of nitrogens with zero attached hydrogens (tertiary/aromatic N) is 7. The van der Waals surface area contributed by atoms with E-state index in [1.54, 1.807) is 18.2 Å². The van der Waals surface area contributed by atoms with Crippen molar-refractivity contribution in [3.05, 3.63) is 267 Å². The second kappa shape index (κ2) is 26.7. The second-order valence-corrected chi connectivity index (χ2v) is 23.9. The molecule has 21 N–H and O–H groups in total. The van der Waals surface area contributed by atoms with Gasteiger partial charge < -0.3 is 40.1 Å². The van der Waals surface area contributed by atoms with Crippen LogP contribution in [-0.2, 0) is 5.41 Å². The molecule has 92 heavy (non-hydrogen) atoms. The molecular weight excluding hydrogens is 1240 g/mol. The van der Waals surface area contributed by atoms with Gasteiger partial charge in [0.05, 0.1) is 0 Å². The Morgan fingerprint density at radius 3 is 1.13 bits per heavy atom. The molecule has 0 amide bonds. The topological polar surface area (TPSA) is 436 Å². The van der Waals surface area contributed by atoms with Crippen LogP contribution in [0.3, 0.4) is 0 Å². The normalized spacial score (nSPS) is 14.3. The largest absolute Gasteiger partial charge is 0.383 e. The first-order chi connectivity index (χ1) is 43.6. The number of hydrogen-bond acceptors (Lipinski definition) is 14. The summed E-state index contributed by atoms with van der Waals surface area (Å²) in [4.78, 5) is 27.2. The van der Waals surface area contributed by atoms with Gasteiger partial charge in [-0.15, -0.1) is 0 Å². The third-order valence-corrected chi connectivity index (χ3v) is 15.8. The van der Waals surface area contributed by atoms with Gasteiger partial charge in [0.1, 0.15) is 40.8 Å². The third kappa shape index (κ3) is 14.2. The standard InChI is InChI=1S/C14H11N3.C12H15N3.C10H11N3.C9H9N3.C8H6BrN3.C8H6ClN3.C8H7N3/c15-13-11-7-6-10(8-12(11)14(16)17-13)9-4-2-1-3-5-9;1-12(2,3)7-4-5-8-9(6-7)11(14)15-10(8)13;1-5-3-7-8(4-6(5)2)10(12)13-9(7)11;1-5-2-3-6-7(4-5)9(11)12-8(6)10;2*9-4-1-2-5-6(3-4)8(11)12-7(5)10;9-7-5-3-1-2-4-6(5)8(10)11-7/h1-8H,(H3,15,16,17);4-6H,1-3H3,(H3,13,14,15);3-4H,1-2H3,(H3,11,12,13);2-4H,1H3,(H3,10,11,12);2*1-3H,(H3,10,11,12);1-4H,(H3,9,10,11). The van der Waals surface area contributed by atoms with Crippen molar-refractivity contribution in [2.24, 2.45) is 75.1 Å². The Bertz CT molecular complexity index is 4530. The van der Waals surface area contributed by atoms with Crippen molar-refractivity contribution in [2.45, 2.75) is 47.0 Å². The number of nitrogens with two attached hydrogens (primary N) is 7. The molecule has 0 saturated heterocycles. The van der Waals surface area contributed by atoms with Gasteiger partial charge in [-0.05, 0) is 127 Å². The maximum absolute atomic E-state index is 7.75. The van der Waals surface area contributed by atoms with E-state index in [0.29, 0.717) is 51.4 Å². The number of aryl methyl sites for hydroxylation is 3. The third-order valence-electron chi connectivity index (χ3n) is 15.1. The molecule has 0 radical (unpaired) electrons. The lowest BCUT2D eigenvalue weighted by Crippen LogP contribution is -2.14. The molecule has 7 aliphatic rings. The Morgan fingerprint density at radius 1 is 0.315 bits per heavy atom. The first kappa shape index (κ1) is 65.0. The van der Waals surface area contributed by atoms with Crippen molar-refractivity contribution in [3.8, 4) is 11.1 Å². The minimum Gasteiger partial charge on any atom is -0.383 e. The van der Waals surface area contributed by atoms with Gasteiger partial charge in [0, 0.05) is 87.4 Å². The Kier molecular flexibility index (Phi) is 18.8. The Morgan fingerprint density at radius 2 is 0.652 bits per heavy atom. The highest BCUT2D eigenvalue weighted by atomic mass is 79.9. The minimum atomic E-state index is 0.0899. The van der Waals surface area contributed by atoms with E-state index in [4.69, 9.17) is 89.6 Å². The van der Waals surface area contributed by atoms with Crippen molar-refractivity contribution in [1.82, 2.24) is 0 Å². The number of amidine groups is 14. The van der Waals surface area contributed by atoms with Crippen LogP contribution in [0.2, 0.25) is 5.02 Å². The van der Waals surface area contributed by atoms with Gasteiger partial charge in [0.15, 0.2) is 40.8 Å². The monoisotopic (exact) mass is 1300 g/mol. The molecule has 0 unspecified atom stereocenters. The maximum atomic E-state index is 7.75. The SMILES string of the molecule is CC(C)(C)c1ccc2c(c1)C(=N)N=C2N.Cc1cc2c(cc1C)C(N)=NC2=N.Cc1ccc2c(c1)C(=N)N=C2N.N=C1N=C(N)c2ccc(-c3ccccc3)cc21.N=C1N=C(N)c2ccc(Br)cc21.N=C1N=C(N)c2ccc(Cl)cc21.N=C1N=C(N)c2ccccc21. The summed E-state index contributed by atoms with van der Waals surface area (Å²) in [5, 5.41) is 53.4. The van der Waals surface area contributed by atoms with Crippen LogP contribution in [-0.4, -0.2) is 81.7 Å². The van der Waals surface area contributed by atoms with Crippen LogP contribution in [0.25, 0.3) is 11.1 Å². The van der Waals surface area contributed by atoms with Crippen LogP contribution in [0, 0.1) is 58.6 Å². The zero-order valence-corrected chi connectivity index (χ0v) is 53.3. The number of aliphatic imine (C=N–C) groups is 7.